The van der Waals surface area contributed by atoms with Crippen LogP contribution in [0.3, 0.4) is 0 Å². The Morgan fingerprint density at radius 1 is 1.17 bits per heavy atom. The van der Waals surface area contributed by atoms with E-state index in [1.165, 1.54) is 19.2 Å². The van der Waals surface area contributed by atoms with Crippen LogP contribution in [0.4, 0.5) is 0 Å². The van der Waals surface area contributed by atoms with E-state index in [9.17, 15) is 14.4 Å². The Hall–Kier alpha value is -2.22. The Morgan fingerprint density at radius 3 is 2.62 bits per heavy atom. The highest BCUT2D eigenvalue weighted by molar-refractivity contribution is 5.92. The predicted molar refractivity (Wildman–Crippen MR) is 85.5 cm³/mol. The number of nitrogens with zero attached hydrogens (tertiary/aromatic N) is 4. The monoisotopic (exact) mass is 334 g/mol. The fourth-order valence-corrected chi connectivity index (χ4v) is 3.18. The number of amides is 2. The SMILES string of the molecule is Cn1nc(C(=O)N2CCC[C@H](C(=O)N3CCOCC3)C2)ccc1=O. The summed E-state index contributed by atoms with van der Waals surface area (Å²) < 4.78 is 6.43. The van der Waals surface area contributed by atoms with E-state index in [0.29, 0.717) is 39.4 Å². The molecule has 0 unspecified atom stereocenters. The van der Waals surface area contributed by atoms with Gasteiger partial charge in [0.15, 0.2) is 0 Å². The lowest BCUT2D eigenvalue weighted by Crippen LogP contribution is -2.49. The van der Waals surface area contributed by atoms with Crippen LogP contribution in [0.2, 0.25) is 0 Å². The van der Waals surface area contributed by atoms with Crippen LogP contribution in [0.5, 0.6) is 0 Å². The van der Waals surface area contributed by atoms with Crippen molar-refractivity contribution in [3.8, 4) is 0 Å². The zero-order chi connectivity index (χ0) is 17.1. The number of likely N-dealkylation sites (tertiary alicyclic amines) is 1. The molecule has 0 radical (unpaired) electrons. The van der Waals surface area contributed by atoms with Gasteiger partial charge in [0.1, 0.15) is 5.69 Å². The van der Waals surface area contributed by atoms with Crippen LogP contribution in [0.15, 0.2) is 16.9 Å². The lowest BCUT2D eigenvalue weighted by atomic mass is 9.96. The number of aromatic nitrogens is 2. The molecule has 2 saturated heterocycles. The summed E-state index contributed by atoms with van der Waals surface area (Å²) in [7, 11) is 1.51. The van der Waals surface area contributed by atoms with E-state index >= 15 is 0 Å². The number of piperidine rings is 1. The van der Waals surface area contributed by atoms with Crippen molar-refractivity contribution >= 4 is 11.8 Å². The quantitative estimate of drug-likeness (QED) is 0.727. The topological polar surface area (TPSA) is 84.7 Å². The van der Waals surface area contributed by atoms with Crippen molar-refractivity contribution < 1.29 is 14.3 Å². The maximum absolute atomic E-state index is 12.6. The average Bonchev–Trinajstić information content (AvgIpc) is 2.63. The first kappa shape index (κ1) is 16.6. The minimum Gasteiger partial charge on any atom is -0.378 e. The molecule has 3 heterocycles. The van der Waals surface area contributed by atoms with Crippen molar-refractivity contribution in [2.45, 2.75) is 12.8 Å². The Labute approximate surface area is 140 Å². The van der Waals surface area contributed by atoms with Crippen molar-refractivity contribution in [1.29, 1.82) is 0 Å². The fraction of sp³-hybridized carbons (Fsp3) is 0.625. The fourth-order valence-electron chi connectivity index (χ4n) is 3.18. The Bertz CT molecular complexity index is 681. The second-order valence-corrected chi connectivity index (χ2v) is 6.21. The minimum absolute atomic E-state index is 0.101. The molecule has 0 aromatic carbocycles. The summed E-state index contributed by atoms with van der Waals surface area (Å²) >= 11 is 0. The molecule has 1 aromatic rings. The van der Waals surface area contributed by atoms with Gasteiger partial charge >= 0.3 is 0 Å². The van der Waals surface area contributed by atoms with Crippen molar-refractivity contribution in [1.82, 2.24) is 19.6 Å². The van der Waals surface area contributed by atoms with Crippen molar-refractivity contribution in [2.24, 2.45) is 13.0 Å². The van der Waals surface area contributed by atoms with Crippen LogP contribution in [0.25, 0.3) is 0 Å². The Kier molecular flexibility index (Phi) is 4.94. The molecule has 0 aliphatic carbocycles. The summed E-state index contributed by atoms with van der Waals surface area (Å²) in [5.74, 6) is -0.303. The number of rotatable bonds is 2. The number of hydrogen-bond donors (Lipinski definition) is 0. The largest absolute Gasteiger partial charge is 0.378 e. The van der Waals surface area contributed by atoms with Crippen molar-refractivity contribution in [3.05, 3.63) is 28.2 Å². The van der Waals surface area contributed by atoms with Gasteiger partial charge in [-0.15, -0.1) is 0 Å². The molecular formula is C16H22N4O4. The van der Waals surface area contributed by atoms with E-state index in [4.69, 9.17) is 4.74 Å². The minimum atomic E-state index is -0.259. The smallest absolute Gasteiger partial charge is 0.274 e. The second-order valence-electron chi connectivity index (χ2n) is 6.21. The summed E-state index contributed by atoms with van der Waals surface area (Å²) in [6, 6.07) is 2.78. The second kappa shape index (κ2) is 7.12. The third-order valence-corrected chi connectivity index (χ3v) is 4.56. The molecule has 8 heteroatoms. The number of aryl methyl sites for hydroxylation is 1. The normalized spacial score (nSPS) is 21.6. The van der Waals surface area contributed by atoms with E-state index in [1.54, 1.807) is 4.90 Å². The van der Waals surface area contributed by atoms with Gasteiger partial charge in [-0.25, -0.2) is 4.68 Å². The molecule has 3 rings (SSSR count). The van der Waals surface area contributed by atoms with Crippen LogP contribution in [0.1, 0.15) is 23.3 Å². The molecule has 1 atom stereocenters. The first-order valence-corrected chi connectivity index (χ1v) is 8.26. The van der Waals surface area contributed by atoms with Gasteiger partial charge < -0.3 is 14.5 Å². The highest BCUT2D eigenvalue weighted by Gasteiger charge is 2.32. The van der Waals surface area contributed by atoms with Gasteiger partial charge in [0.25, 0.3) is 11.5 Å². The molecule has 2 fully saturated rings. The molecule has 0 bridgehead atoms. The average molecular weight is 334 g/mol. The van der Waals surface area contributed by atoms with Crippen LogP contribution >= 0.6 is 0 Å². The van der Waals surface area contributed by atoms with Crippen LogP contribution in [0, 0.1) is 5.92 Å². The van der Waals surface area contributed by atoms with Gasteiger partial charge in [0.05, 0.1) is 19.1 Å². The van der Waals surface area contributed by atoms with Gasteiger partial charge in [-0.3, -0.25) is 14.4 Å². The maximum atomic E-state index is 12.6. The molecule has 1 aromatic heterocycles. The van der Waals surface area contributed by atoms with Crippen molar-refractivity contribution in [2.75, 3.05) is 39.4 Å². The molecule has 24 heavy (non-hydrogen) atoms. The van der Waals surface area contributed by atoms with E-state index < -0.39 is 0 Å². The lowest BCUT2D eigenvalue weighted by Gasteiger charge is -2.36. The Morgan fingerprint density at radius 2 is 1.92 bits per heavy atom. The molecule has 0 saturated carbocycles. The van der Waals surface area contributed by atoms with E-state index in [0.717, 1.165) is 17.5 Å². The van der Waals surface area contributed by atoms with Crippen LogP contribution in [-0.4, -0.2) is 70.8 Å². The highest BCUT2D eigenvalue weighted by Crippen LogP contribution is 2.20. The van der Waals surface area contributed by atoms with Gasteiger partial charge in [0, 0.05) is 39.3 Å². The van der Waals surface area contributed by atoms with E-state index in [1.807, 2.05) is 4.90 Å². The van der Waals surface area contributed by atoms with Crippen LogP contribution in [-0.2, 0) is 16.6 Å². The van der Waals surface area contributed by atoms with E-state index in [-0.39, 0.29) is 29.0 Å². The predicted octanol–water partition coefficient (Wildman–Crippen LogP) is -0.509. The summed E-state index contributed by atoms with van der Waals surface area (Å²) in [6.07, 6.45) is 1.58. The number of carbonyl (C=O) groups is 2. The summed E-state index contributed by atoms with van der Waals surface area (Å²) in [4.78, 5) is 40.1. The molecule has 0 spiro atoms. The molecule has 2 aliphatic heterocycles. The zero-order valence-corrected chi connectivity index (χ0v) is 13.8. The van der Waals surface area contributed by atoms with Crippen molar-refractivity contribution in [3.63, 3.8) is 0 Å². The summed E-state index contributed by atoms with van der Waals surface area (Å²) in [6.45, 7) is 3.39. The van der Waals surface area contributed by atoms with Gasteiger partial charge in [0.2, 0.25) is 5.91 Å². The highest BCUT2D eigenvalue weighted by atomic mass is 16.5. The first-order chi connectivity index (χ1) is 11.6. The van der Waals surface area contributed by atoms with E-state index in [2.05, 4.69) is 5.10 Å². The van der Waals surface area contributed by atoms with Gasteiger partial charge in [-0.1, -0.05) is 0 Å². The number of morpholine rings is 1. The standard InChI is InChI=1S/C16H22N4O4/c1-18-14(21)5-4-13(17-18)16(23)20-6-2-3-12(11-20)15(22)19-7-9-24-10-8-19/h4-5,12H,2-3,6-11H2,1H3/t12-/m0/s1. The third kappa shape index (κ3) is 3.48. The first-order valence-electron chi connectivity index (χ1n) is 8.26. The molecule has 2 amide bonds. The molecule has 2 aliphatic rings. The van der Waals surface area contributed by atoms with Gasteiger partial charge in [-0.05, 0) is 18.9 Å². The molecule has 0 N–H and O–H groups in total. The number of ether oxygens (including phenoxy) is 1. The zero-order valence-electron chi connectivity index (χ0n) is 13.8. The van der Waals surface area contributed by atoms with Crippen LogP contribution < -0.4 is 5.56 Å². The Balaban J connectivity index is 1.68. The molecular weight excluding hydrogens is 312 g/mol. The number of hydrogen-bond acceptors (Lipinski definition) is 5. The number of carbonyl (C=O) groups excluding carboxylic acids is 2. The maximum Gasteiger partial charge on any atom is 0.274 e. The molecule has 130 valence electrons. The molecule has 8 nitrogen and oxygen atoms in total. The third-order valence-electron chi connectivity index (χ3n) is 4.56. The lowest BCUT2D eigenvalue weighted by molar-refractivity contribution is -0.141. The summed E-state index contributed by atoms with van der Waals surface area (Å²) in [5, 5.41) is 4.01. The summed E-state index contributed by atoms with van der Waals surface area (Å²) in [5.41, 5.74) is -0.0258. The van der Waals surface area contributed by atoms with Gasteiger partial charge in [-0.2, -0.15) is 5.10 Å².